The van der Waals surface area contributed by atoms with Crippen molar-refractivity contribution in [2.75, 3.05) is 4.90 Å². The van der Waals surface area contributed by atoms with Gasteiger partial charge in [-0.25, -0.2) is 0 Å². The third-order valence-electron chi connectivity index (χ3n) is 9.36. The summed E-state index contributed by atoms with van der Waals surface area (Å²) in [5.41, 5.74) is 13.5. The Morgan fingerprint density at radius 3 is 1.81 bits per heavy atom. The van der Waals surface area contributed by atoms with Crippen molar-refractivity contribution in [1.82, 2.24) is 0 Å². The average molecular weight is 584 g/mol. The van der Waals surface area contributed by atoms with Crippen LogP contribution >= 0.6 is 11.6 Å². The zero-order chi connectivity index (χ0) is 30.7. The number of fused-ring (bicyclic) bond motifs is 2. The van der Waals surface area contributed by atoms with E-state index in [1.165, 1.54) is 38.9 Å². The van der Waals surface area contributed by atoms with Crippen molar-refractivity contribution in [1.29, 1.82) is 0 Å². The van der Waals surface area contributed by atoms with Gasteiger partial charge in [0.05, 0.1) is 5.69 Å². The minimum atomic E-state index is -0.147. The number of nitrogens with zero attached hydrogens (tertiary/aromatic N) is 1. The molecule has 1 aliphatic carbocycles. The lowest BCUT2D eigenvalue weighted by atomic mass is 9.60. The molecule has 43 heavy (non-hydrogen) atoms. The van der Waals surface area contributed by atoms with Gasteiger partial charge in [-0.3, -0.25) is 0 Å². The highest BCUT2D eigenvalue weighted by Gasteiger charge is 2.41. The van der Waals surface area contributed by atoms with E-state index in [4.69, 9.17) is 11.6 Å². The van der Waals surface area contributed by atoms with Crippen LogP contribution in [0, 0.1) is 6.92 Å². The summed E-state index contributed by atoms with van der Waals surface area (Å²) in [7, 11) is 0. The van der Waals surface area contributed by atoms with Gasteiger partial charge in [0, 0.05) is 32.8 Å². The Morgan fingerprint density at radius 2 is 1.19 bits per heavy atom. The van der Waals surface area contributed by atoms with Gasteiger partial charge >= 0.3 is 0 Å². The van der Waals surface area contributed by atoms with Crippen LogP contribution in [0.3, 0.4) is 0 Å². The zero-order valence-corrected chi connectivity index (χ0v) is 27.5. The molecule has 0 aromatic heterocycles. The first-order chi connectivity index (χ1) is 20.3. The molecular formula is C41H42ClN. The first-order valence-electron chi connectivity index (χ1n) is 15.3. The van der Waals surface area contributed by atoms with Crippen LogP contribution in [-0.4, -0.2) is 0 Å². The summed E-state index contributed by atoms with van der Waals surface area (Å²) in [6.07, 6.45) is 0. The summed E-state index contributed by atoms with van der Waals surface area (Å²) in [6, 6.07) is 40.1. The summed E-state index contributed by atoms with van der Waals surface area (Å²) < 4.78 is 0. The number of rotatable bonds is 4. The predicted octanol–water partition coefficient (Wildman–Crippen LogP) is 12.0. The molecule has 0 spiro atoms. The molecular weight excluding hydrogens is 542 g/mol. The zero-order valence-electron chi connectivity index (χ0n) is 26.7. The normalized spacial score (nSPS) is 15.0. The number of benzene rings is 5. The fraction of sp³-hybridized carbons (Fsp3) is 0.268. The van der Waals surface area contributed by atoms with Gasteiger partial charge in [0.1, 0.15) is 0 Å². The summed E-state index contributed by atoms with van der Waals surface area (Å²) in [4.78, 5) is 2.40. The van der Waals surface area contributed by atoms with Crippen LogP contribution in [0.1, 0.15) is 81.8 Å². The summed E-state index contributed by atoms with van der Waals surface area (Å²) >= 11 is 6.74. The number of hydrogen-bond donors (Lipinski definition) is 0. The molecule has 0 amide bonds. The third kappa shape index (κ3) is 5.08. The number of aryl methyl sites for hydroxylation is 1. The van der Waals surface area contributed by atoms with Crippen LogP contribution in [0.5, 0.6) is 0 Å². The highest BCUT2D eigenvalue weighted by molar-refractivity contribution is 6.31. The second-order valence-corrected chi connectivity index (χ2v) is 14.6. The van der Waals surface area contributed by atoms with Crippen molar-refractivity contribution in [2.45, 2.75) is 71.6 Å². The molecule has 0 bridgehead atoms. The van der Waals surface area contributed by atoms with Crippen molar-refractivity contribution >= 4 is 28.7 Å². The van der Waals surface area contributed by atoms with Gasteiger partial charge in [-0.2, -0.15) is 0 Å². The second-order valence-electron chi connectivity index (χ2n) is 14.2. The summed E-state index contributed by atoms with van der Waals surface area (Å²) in [6.45, 7) is 18.4. The van der Waals surface area contributed by atoms with Crippen molar-refractivity contribution in [3.05, 3.63) is 148 Å². The molecule has 6 rings (SSSR count). The lowest BCUT2D eigenvalue weighted by molar-refractivity contribution is 0.521. The van der Waals surface area contributed by atoms with Gasteiger partial charge in [-0.15, -0.1) is 0 Å². The van der Waals surface area contributed by atoms with Gasteiger partial charge in [0.2, 0.25) is 0 Å². The Bertz CT molecular complexity index is 1800. The van der Waals surface area contributed by atoms with Crippen molar-refractivity contribution < 1.29 is 0 Å². The summed E-state index contributed by atoms with van der Waals surface area (Å²) in [5, 5.41) is 0.737. The van der Waals surface area contributed by atoms with E-state index in [2.05, 4.69) is 163 Å². The fourth-order valence-electron chi connectivity index (χ4n) is 6.92. The molecule has 0 aliphatic heterocycles. The molecule has 1 aliphatic rings. The molecule has 5 aromatic rings. The molecule has 0 N–H and O–H groups in total. The number of halogens is 1. The number of hydrogen-bond acceptors (Lipinski definition) is 1. The highest BCUT2D eigenvalue weighted by atomic mass is 35.5. The van der Waals surface area contributed by atoms with E-state index in [0.29, 0.717) is 0 Å². The van der Waals surface area contributed by atoms with E-state index in [0.717, 1.165) is 27.6 Å². The van der Waals surface area contributed by atoms with E-state index < -0.39 is 0 Å². The lowest BCUT2D eigenvalue weighted by Crippen LogP contribution is -2.36. The van der Waals surface area contributed by atoms with Crippen LogP contribution in [0.25, 0.3) is 11.1 Å². The molecule has 0 unspecified atom stereocenters. The van der Waals surface area contributed by atoms with E-state index in [1.54, 1.807) is 0 Å². The van der Waals surface area contributed by atoms with E-state index >= 15 is 0 Å². The van der Waals surface area contributed by atoms with Gasteiger partial charge in [0.15, 0.2) is 0 Å². The third-order valence-corrected chi connectivity index (χ3v) is 9.57. The molecule has 1 nitrogen and oxygen atoms in total. The molecule has 5 aromatic carbocycles. The van der Waals surface area contributed by atoms with Gasteiger partial charge in [-0.1, -0.05) is 127 Å². The average Bonchev–Trinajstić information content (AvgIpc) is 2.96. The largest absolute Gasteiger partial charge is 0.310 e. The monoisotopic (exact) mass is 583 g/mol. The molecule has 0 saturated heterocycles. The van der Waals surface area contributed by atoms with Crippen LogP contribution < -0.4 is 4.90 Å². The van der Waals surface area contributed by atoms with Crippen LogP contribution in [0.2, 0.25) is 5.02 Å². The van der Waals surface area contributed by atoms with Crippen LogP contribution in [0.15, 0.2) is 109 Å². The molecule has 0 atom stereocenters. The van der Waals surface area contributed by atoms with E-state index in [9.17, 15) is 0 Å². The van der Waals surface area contributed by atoms with Crippen LogP contribution in [0.4, 0.5) is 17.1 Å². The fourth-order valence-corrected chi connectivity index (χ4v) is 7.20. The minimum absolute atomic E-state index is 0.0222. The van der Waals surface area contributed by atoms with E-state index in [-0.39, 0.29) is 16.2 Å². The lowest BCUT2D eigenvalue weighted by Gasteiger charge is -2.44. The number of anilines is 3. The second kappa shape index (κ2) is 10.4. The molecule has 0 radical (unpaired) electrons. The Kier molecular flexibility index (Phi) is 7.09. The predicted molar refractivity (Wildman–Crippen MR) is 186 cm³/mol. The molecule has 2 heteroatoms. The Labute approximate surface area is 263 Å². The Morgan fingerprint density at radius 1 is 0.581 bits per heavy atom. The summed E-state index contributed by atoms with van der Waals surface area (Å²) in [5.74, 6) is 0. The smallest absolute Gasteiger partial charge is 0.0540 e. The highest BCUT2D eigenvalue weighted by Crippen LogP contribution is 2.52. The Balaban J connectivity index is 1.64. The maximum absolute atomic E-state index is 6.74. The molecule has 0 saturated carbocycles. The van der Waals surface area contributed by atoms with Crippen molar-refractivity contribution in [3.63, 3.8) is 0 Å². The Hall–Kier alpha value is -3.81. The van der Waals surface area contributed by atoms with Crippen molar-refractivity contribution in [3.8, 4) is 11.1 Å². The standard InChI is InChI=1S/C41H42ClN/c1-27-22-30(42)25-32(23-27)43(38-21-18-29(39(2,3)4)24-33(38)28-14-10-9-11-15-28)31-19-20-36-37(26-31)41(7,8)35-17-13-12-16-34(35)40(36,5)6/h9-26H,1-8H3. The maximum Gasteiger partial charge on any atom is 0.0540 e. The molecule has 0 fully saturated rings. The first kappa shape index (κ1) is 29.3. The minimum Gasteiger partial charge on any atom is -0.310 e. The molecule has 0 heterocycles. The molecule has 218 valence electrons. The maximum atomic E-state index is 6.74. The topological polar surface area (TPSA) is 3.24 Å². The SMILES string of the molecule is Cc1cc(Cl)cc(N(c2ccc3c(c2)C(C)(C)c2ccccc2C3(C)C)c2ccc(C(C)(C)C)cc2-c2ccccc2)c1. The van der Waals surface area contributed by atoms with Gasteiger partial charge < -0.3 is 4.90 Å². The first-order valence-corrected chi connectivity index (χ1v) is 15.7. The van der Waals surface area contributed by atoms with Crippen LogP contribution in [-0.2, 0) is 16.2 Å². The van der Waals surface area contributed by atoms with E-state index in [1.807, 2.05) is 6.07 Å². The van der Waals surface area contributed by atoms with Crippen molar-refractivity contribution in [2.24, 2.45) is 0 Å². The van der Waals surface area contributed by atoms with Gasteiger partial charge in [-0.05, 0) is 93.7 Å². The quantitative estimate of drug-likeness (QED) is 0.203. The van der Waals surface area contributed by atoms with Gasteiger partial charge in [0.25, 0.3) is 0 Å².